The van der Waals surface area contributed by atoms with E-state index in [9.17, 15) is 0 Å². The summed E-state index contributed by atoms with van der Waals surface area (Å²) in [6, 6.07) is 8.96. The molecule has 0 aromatic heterocycles. The van der Waals surface area contributed by atoms with Crippen LogP contribution in [0.25, 0.3) is 0 Å². The number of morpholine rings is 1. The number of nitrogens with zero attached hydrogens (tertiary/aromatic N) is 3. The van der Waals surface area contributed by atoms with Gasteiger partial charge in [0.05, 0.1) is 26.9 Å². The second-order valence-electron chi connectivity index (χ2n) is 8.32. The number of halogens is 1. The molecular formula is C22H37IN4O2. The fourth-order valence-electron chi connectivity index (χ4n) is 4.01. The SMILES string of the molecule is CCNC(=NCC(C)(C)c1ccc(OC)cc1)N1CCC(N2CCOCC2)C1.I. The Morgan fingerprint density at radius 1 is 1.21 bits per heavy atom. The molecule has 0 radical (unpaired) electrons. The molecule has 1 N–H and O–H groups in total. The first-order valence-electron chi connectivity index (χ1n) is 10.5. The Kier molecular flexibility index (Phi) is 9.49. The van der Waals surface area contributed by atoms with E-state index in [0.717, 1.165) is 64.2 Å². The number of hydrogen-bond acceptors (Lipinski definition) is 4. The number of methoxy groups -OCH3 is 1. The molecule has 0 aliphatic carbocycles. The summed E-state index contributed by atoms with van der Waals surface area (Å²) in [5.41, 5.74) is 1.25. The Hall–Kier alpha value is -1.06. The van der Waals surface area contributed by atoms with Crippen LogP contribution in [0.2, 0.25) is 0 Å². The zero-order valence-electron chi connectivity index (χ0n) is 18.3. The summed E-state index contributed by atoms with van der Waals surface area (Å²) in [6.07, 6.45) is 1.20. The summed E-state index contributed by atoms with van der Waals surface area (Å²) in [7, 11) is 1.70. The minimum absolute atomic E-state index is 0. The highest BCUT2D eigenvalue weighted by atomic mass is 127. The predicted octanol–water partition coefficient (Wildman–Crippen LogP) is 2.96. The quantitative estimate of drug-likeness (QED) is 0.358. The van der Waals surface area contributed by atoms with Crippen molar-refractivity contribution in [2.75, 3.05) is 59.6 Å². The molecule has 1 atom stereocenters. The summed E-state index contributed by atoms with van der Waals surface area (Å²) in [6.45, 7) is 14.2. The molecule has 2 saturated heterocycles. The van der Waals surface area contributed by atoms with Crippen LogP contribution in [0.4, 0.5) is 0 Å². The van der Waals surface area contributed by atoms with Crippen molar-refractivity contribution >= 4 is 29.9 Å². The molecule has 2 heterocycles. The summed E-state index contributed by atoms with van der Waals surface area (Å²) >= 11 is 0. The van der Waals surface area contributed by atoms with Crippen molar-refractivity contribution in [3.63, 3.8) is 0 Å². The van der Waals surface area contributed by atoms with Crippen LogP contribution in [-0.4, -0.2) is 81.4 Å². The van der Waals surface area contributed by atoms with Crippen molar-refractivity contribution in [2.45, 2.75) is 38.6 Å². The lowest BCUT2D eigenvalue weighted by atomic mass is 9.85. The van der Waals surface area contributed by atoms with Crippen LogP contribution in [0.3, 0.4) is 0 Å². The van der Waals surface area contributed by atoms with Gasteiger partial charge in [-0.25, -0.2) is 0 Å². The summed E-state index contributed by atoms with van der Waals surface area (Å²) in [5, 5.41) is 3.50. The van der Waals surface area contributed by atoms with Crippen LogP contribution in [0.1, 0.15) is 32.8 Å². The highest BCUT2D eigenvalue weighted by Crippen LogP contribution is 2.26. The number of rotatable bonds is 6. The molecule has 0 spiro atoms. The fraction of sp³-hybridized carbons (Fsp3) is 0.682. The topological polar surface area (TPSA) is 49.3 Å². The van der Waals surface area contributed by atoms with E-state index in [-0.39, 0.29) is 29.4 Å². The normalized spacial score (nSPS) is 21.0. The van der Waals surface area contributed by atoms with Gasteiger partial charge in [-0.05, 0) is 31.0 Å². The zero-order chi connectivity index (χ0) is 20.0. The third kappa shape index (κ3) is 6.46. The Morgan fingerprint density at radius 2 is 1.90 bits per heavy atom. The Balaban J connectivity index is 0.00000300. The second kappa shape index (κ2) is 11.4. The molecule has 2 aliphatic rings. The van der Waals surface area contributed by atoms with Crippen LogP contribution in [0, 0.1) is 0 Å². The van der Waals surface area contributed by atoms with Crippen LogP contribution < -0.4 is 10.1 Å². The van der Waals surface area contributed by atoms with Gasteiger partial charge in [-0.2, -0.15) is 0 Å². The van der Waals surface area contributed by atoms with Gasteiger partial charge in [-0.3, -0.25) is 9.89 Å². The van der Waals surface area contributed by atoms with Gasteiger partial charge in [-0.1, -0.05) is 26.0 Å². The van der Waals surface area contributed by atoms with E-state index in [4.69, 9.17) is 14.5 Å². The van der Waals surface area contributed by atoms with Gasteiger partial charge in [0.2, 0.25) is 0 Å². The van der Waals surface area contributed by atoms with E-state index in [1.54, 1.807) is 7.11 Å². The van der Waals surface area contributed by atoms with Gasteiger partial charge in [0.25, 0.3) is 0 Å². The van der Waals surface area contributed by atoms with E-state index < -0.39 is 0 Å². The average Bonchev–Trinajstić information content (AvgIpc) is 3.22. The van der Waals surface area contributed by atoms with E-state index in [0.29, 0.717) is 6.04 Å². The minimum Gasteiger partial charge on any atom is -0.497 e. The average molecular weight is 516 g/mol. The van der Waals surface area contributed by atoms with Gasteiger partial charge in [0, 0.05) is 44.2 Å². The largest absolute Gasteiger partial charge is 0.497 e. The number of aliphatic imine (C=N–C) groups is 1. The second-order valence-corrected chi connectivity index (χ2v) is 8.32. The van der Waals surface area contributed by atoms with Gasteiger partial charge < -0.3 is 19.7 Å². The van der Waals surface area contributed by atoms with Gasteiger partial charge >= 0.3 is 0 Å². The van der Waals surface area contributed by atoms with Gasteiger partial charge in [0.15, 0.2) is 5.96 Å². The molecule has 0 amide bonds. The van der Waals surface area contributed by atoms with Gasteiger partial charge in [-0.15, -0.1) is 24.0 Å². The van der Waals surface area contributed by atoms with Crippen LogP contribution in [0.15, 0.2) is 29.3 Å². The number of guanidine groups is 1. The predicted molar refractivity (Wildman–Crippen MR) is 130 cm³/mol. The fourth-order valence-corrected chi connectivity index (χ4v) is 4.01. The number of benzene rings is 1. The summed E-state index contributed by atoms with van der Waals surface area (Å²) in [4.78, 5) is 10.0. The van der Waals surface area contributed by atoms with Crippen molar-refractivity contribution in [3.8, 4) is 5.75 Å². The molecule has 1 aromatic rings. The third-order valence-electron chi connectivity index (χ3n) is 5.86. The number of nitrogens with one attached hydrogen (secondary N) is 1. The number of ether oxygens (including phenoxy) is 2. The van der Waals surface area contributed by atoms with E-state index in [1.807, 2.05) is 12.1 Å². The van der Waals surface area contributed by atoms with Crippen molar-refractivity contribution in [3.05, 3.63) is 29.8 Å². The zero-order valence-corrected chi connectivity index (χ0v) is 20.6. The van der Waals surface area contributed by atoms with E-state index in [1.165, 1.54) is 12.0 Å². The highest BCUT2D eigenvalue weighted by Gasteiger charge is 2.30. The standard InChI is InChI=1S/C22H36N4O2.HI/c1-5-23-21(26-11-10-19(16-26)25-12-14-28-15-13-25)24-17-22(2,3)18-6-8-20(27-4)9-7-18;/h6-9,19H,5,10-17H2,1-4H3,(H,23,24);1H. The maximum atomic E-state index is 5.51. The van der Waals surface area contributed by atoms with Crippen molar-refractivity contribution < 1.29 is 9.47 Å². The Morgan fingerprint density at radius 3 is 2.52 bits per heavy atom. The molecule has 7 heteroatoms. The number of hydrogen-bond donors (Lipinski definition) is 1. The maximum absolute atomic E-state index is 5.51. The molecule has 29 heavy (non-hydrogen) atoms. The molecule has 0 saturated carbocycles. The summed E-state index contributed by atoms with van der Waals surface area (Å²) < 4.78 is 10.8. The lowest BCUT2D eigenvalue weighted by molar-refractivity contribution is 0.0195. The third-order valence-corrected chi connectivity index (χ3v) is 5.86. The van der Waals surface area contributed by atoms with Crippen LogP contribution in [0.5, 0.6) is 5.75 Å². The molecule has 3 rings (SSSR count). The maximum Gasteiger partial charge on any atom is 0.193 e. The molecular weight excluding hydrogens is 479 g/mol. The Bertz CT molecular complexity index is 645. The first-order valence-corrected chi connectivity index (χ1v) is 10.5. The number of likely N-dealkylation sites (tertiary alicyclic amines) is 1. The molecule has 1 unspecified atom stereocenters. The van der Waals surface area contributed by atoms with Crippen LogP contribution in [-0.2, 0) is 10.2 Å². The van der Waals surface area contributed by atoms with Crippen molar-refractivity contribution in [1.82, 2.24) is 15.1 Å². The minimum atomic E-state index is -0.0315. The lowest BCUT2D eigenvalue weighted by Gasteiger charge is -2.32. The first-order chi connectivity index (χ1) is 13.5. The smallest absolute Gasteiger partial charge is 0.193 e. The van der Waals surface area contributed by atoms with Gasteiger partial charge in [0.1, 0.15) is 5.75 Å². The summed E-state index contributed by atoms with van der Waals surface area (Å²) in [5.74, 6) is 1.93. The Labute approximate surface area is 193 Å². The van der Waals surface area contributed by atoms with E-state index >= 15 is 0 Å². The molecule has 1 aromatic carbocycles. The highest BCUT2D eigenvalue weighted by molar-refractivity contribution is 14.0. The molecule has 2 aliphatic heterocycles. The molecule has 2 fully saturated rings. The molecule has 0 bridgehead atoms. The lowest BCUT2D eigenvalue weighted by Crippen LogP contribution is -2.47. The van der Waals surface area contributed by atoms with Crippen molar-refractivity contribution in [1.29, 1.82) is 0 Å². The molecule has 6 nitrogen and oxygen atoms in total. The van der Waals surface area contributed by atoms with Crippen LogP contribution >= 0.6 is 24.0 Å². The van der Waals surface area contributed by atoms with E-state index in [2.05, 4.69) is 48.0 Å². The molecule has 164 valence electrons. The monoisotopic (exact) mass is 516 g/mol. The first kappa shape index (κ1) is 24.2. The van der Waals surface area contributed by atoms with Crippen molar-refractivity contribution in [2.24, 2.45) is 4.99 Å².